The third-order valence-corrected chi connectivity index (χ3v) is 2.92. The van der Waals surface area contributed by atoms with E-state index in [0.29, 0.717) is 19.8 Å². The Kier molecular flexibility index (Phi) is 6.70. The van der Waals surface area contributed by atoms with Crippen molar-refractivity contribution in [2.24, 2.45) is 0 Å². The second-order valence-electron chi connectivity index (χ2n) is 4.07. The van der Waals surface area contributed by atoms with Gasteiger partial charge in [0.1, 0.15) is 13.6 Å². The Bertz CT molecular complexity index is 275. The minimum absolute atomic E-state index is 0. The zero-order valence-corrected chi connectivity index (χ0v) is 11.4. The van der Waals surface area contributed by atoms with Gasteiger partial charge in [0.2, 0.25) is 0 Å². The monoisotopic (exact) mass is 264 g/mol. The van der Waals surface area contributed by atoms with Gasteiger partial charge < -0.3 is 17.1 Å². The smallest absolute Gasteiger partial charge is 0.392 e. The van der Waals surface area contributed by atoms with Crippen molar-refractivity contribution in [2.75, 3.05) is 33.4 Å². The summed E-state index contributed by atoms with van der Waals surface area (Å²) in [5.74, 6) is -0.400. The van der Waals surface area contributed by atoms with Crippen LogP contribution >= 0.6 is 0 Å². The third kappa shape index (κ3) is 3.96. The van der Waals surface area contributed by atoms with Crippen molar-refractivity contribution in [1.29, 1.82) is 0 Å². The number of carbonyl (C=O) groups is 1. The van der Waals surface area contributed by atoms with Gasteiger partial charge in [-0.25, -0.2) is 4.79 Å². The fourth-order valence-corrected chi connectivity index (χ4v) is 1.88. The molecule has 5 nitrogen and oxygen atoms in total. The molecule has 0 aliphatic carbocycles. The van der Waals surface area contributed by atoms with Gasteiger partial charge in [0.05, 0.1) is 25.8 Å². The zero-order chi connectivity index (χ0) is 12.2. The molecule has 0 amide bonds. The molecule has 100 valence electrons. The van der Waals surface area contributed by atoms with Gasteiger partial charge in [0.25, 0.3) is 0 Å². The van der Waals surface area contributed by atoms with E-state index in [9.17, 15) is 4.79 Å². The molecule has 1 aliphatic rings. The Hall–Kier alpha value is -0.620. The molecule has 6 heteroatoms. The van der Waals surface area contributed by atoms with E-state index in [1.807, 2.05) is 14.0 Å². The second kappa shape index (κ2) is 6.96. The van der Waals surface area contributed by atoms with Gasteiger partial charge in [-0.05, 0) is 13.8 Å². The Morgan fingerprint density at radius 3 is 2.82 bits per heavy atom. The topological polar surface area (TPSA) is 38.8 Å². The molecule has 17 heavy (non-hydrogen) atoms. The molecule has 0 N–H and O–H groups in total. The lowest BCUT2D eigenvalue weighted by molar-refractivity contribution is -1.16. The number of ether oxygens (including phenoxy) is 1. The molecule has 1 saturated heterocycles. The number of quaternary nitrogens is 1. The van der Waals surface area contributed by atoms with E-state index in [0.717, 1.165) is 6.54 Å². The largest absolute Gasteiger partial charge is 1.00 e. The van der Waals surface area contributed by atoms with Crippen LogP contribution in [0.3, 0.4) is 0 Å². The number of hydrogen-bond donors (Lipinski definition) is 0. The van der Waals surface area contributed by atoms with Crippen molar-refractivity contribution in [1.82, 2.24) is 5.01 Å². The van der Waals surface area contributed by atoms with Crippen LogP contribution in [0.4, 0.5) is 0 Å². The summed E-state index contributed by atoms with van der Waals surface area (Å²) in [7, 11) is 1.88. The fourth-order valence-electron chi connectivity index (χ4n) is 1.88. The van der Waals surface area contributed by atoms with Gasteiger partial charge in [0, 0.05) is 6.08 Å². The number of hydroxylamine groups is 2. The summed E-state index contributed by atoms with van der Waals surface area (Å²) < 4.78 is 5.52. The van der Waals surface area contributed by atoms with Crippen LogP contribution in [-0.4, -0.2) is 55.1 Å². The molecule has 1 rings (SSSR count). The number of rotatable bonds is 4. The quantitative estimate of drug-likeness (QED) is 0.326. The summed E-state index contributed by atoms with van der Waals surface area (Å²) in [5.41, 5.74) is 0. The minimum atomic E-state index is -0.400. The number of hydrogen-bond acceptors (Lipinski definition) is 4. The van der Waals surface area contributed by atoms with Crippen molar-refractivity contribution in [3.63, 3.8) is 0 Å². The Morgan fingerprint density at radius 2 is 2.35 bits per heavy atom. The van der Waals surface area contributed by atoms with Crippen molar-refractivity contribution in [3.8, 4) is 0 Å². The number of morpholine rings is 1. The minimum Gasteiger partial charge on any atom is -1.00 e. The van der Waals surface area contributed by atoms with Crippen LogP contribution in [0.15, 0.2) is 12.7 Å². The van der Waals surface area contributed by atoms with Crippen molar-refractivity contribution in [3.05, 3.63) is 12.7 Å². The zero-order valence-electron chi connectivity index (χ0n) is 10.7. The average Bonchev–Trinajstić information content (AvgIpc) is 2.29. The summed E-state index contributed by atoms with van der Waals surface area (Å²) in [6, 6.07) is 0.233. The van der Waals surface area contributed by atoms with E-state index in [1.54, 1.807) is 0 Å². The standard InChI is InChI=1S/C11H21N2O3.ClH/c1-5-11(14)16-13(4,6-2)12-7-8-15-9-10(12)3;/h5,10H,1,6-9H2,2-4H3;1H/q+1;/p-1. The molecule has 1 aliphatic heterocycles. The van der Waals surface area contributed by atoms with Gasteiger partial charge in [-0.3, -0.25) is 4.84 Å². The van der Waals surface area contributed by atoms with Crippen LogP contribution in [-0.2, 0) is 14.4 Å². The highest BCUT2D eigenvalue weighted by molar-refractivity contribution is 5.80. The maximum atomic E-state index is 11.3. The maximum absolute atomic E-state index is 11.3. The van der Waals surface area contributed by atoms with Crippen molar-refractivity contribution >= 4 is 5.97 Å². The lowest BCUT2D eigenvalue weighted by Crippen LogP contribution is -3.00. The van der Waals surface area contributed by atoms with E-state index < -0.39 is 5.97 Å². The SMILES string of the molecule is C=CC(=O)O[N+](C)(CC)N1CCOCC1C.[Cl-]. The lowest BCUT2D eigenvalue weighted by Gasteiger charge is -2.43. The average molecular weight is 265 g/mol. The van der Waals surface area contributed by atoms with E-state index in [4.69, 9.17) is 9.57 Å². The van der Waals surface area contributed by atoms with Crippen LogP contribution in [0.2, 0.25) is 0 Å². The molecular weight excluding hydrogens is 244 g/mol. The highest BCUT2D eigenvalue weighted by Gasteiger charge is 2.39. The summed E-state index contributed by atoms with van der Waals surface area (Å²) in [6.07, 6.45) is 1.19. The van der Waals surface area contributed by atoms with Crippen LogP contribution < -0.4 is 12.4 Å². The van der Waals surface area contributed by atoms with Gasteiger partial charge in [-0.1, -0.05) is 11.3 Å². The molecule has 0 aromatic heterocycles. The Balaban J connectivity index is 0.00000256. The second-order valence-corrected chi connectivity index (χ2v) is 4.07. The van der Waals surface area contributed by atoms with Gasteiger partial charge in [-0.2, -0.15) is 0 Å². The highest BCUT2D eigenvalue weighted by Crippen LogP contribution is 2.18. The molecule has 0 aromatic rings. The predicted molar refractivity (Wildman–Crippen MR) is 60.0 cm³/mol. The summed E-state index contributed by atoms with van der Waals surface area (Å²) >= 11 is 0. The molecule has 2 atom stereocenters. The Labute approximate surface area is 109 Å². The molecule has 0 spiro atoms. The summed E-state index contributed by atoms with van der Waals surface area (Å²) in [5, 5.41) is 2.12. The maximum Gasteiger partial charge on any atom is 0.392 e. The van der Waals surface area contributed by atoms with Gasteiger partial charge in [0.15, 0.2) is 0 Å². The molecule has 0 bridgehead atoms. The van der Waals surface area contributed by atoms with E-state index in [2.05, 4.69) is 18.5 Å². The predicted octanol–water partition coefficient (Wildman–Crippen LogP) is -2.26. The van der Waals surface area contributed by atoms with Crippen LogP contribution in [0, 0.1) is 0 Å². The van der Waals surface area contributed by atoms with E-state index in [1.165, 1.54) is 6.08 Å². The molecule has 0 aromatic carbocycles. The lowest BCUT2D eigenvalue weighted by atomic mass is 10.3. The molecule has 1 heterocycles. The molecule has 0 saturated carbocycles. The molecule has 0 radical (unpaired) electrons. The highest BCUT2D eigenvalue weighted by atomic mass is 35.5. The van der Waals surface area contributed by atoms with E-state index in [-0.39, 0.29) is 23.2 Å². The first-order chi connectivity index (χ1) is 7.53. The summed E-state index contributed by atoms with van der Waals surface area (Å²) in [6.45, 7) is 10.2. The number of carbonyl (C=O) groups excluding carboxylic acids is 1. The first-order valence-corrected chi connectivity index (χ1v) is 5.60. The van der Waals surface area contributed by atoms with Crippen molar-refractivity contribution in [2.45, 2.75) is 19.9 Å². The van der Waals surface area contributed by atoms with Crippen LogP contribution in [0.1, 0.15) is 13.8 Å². The van der Waals surface area contributed by atoms with E-state index >= 15 is 0 Å². The fraction of sp³-hybridized carbons (Fsp3) is 0.727. The molecule has 1 fully saturated rings. The molecular formula is C11H21ClN2O3. The molecule has 2 unspecified atom stereocenters. The number of halogens is 1. The van der Waals surface area contributed by atoms with Crippen LogP contribution in [0.25, 0.3) is 0 Å². The Morgan fingerprint density at radius 1 is 1.71 bits per heavy atom. The normalized spacial score (nSPS) is 24.3. The third-order valence-electron chi connectivity index (χ3n) is 2.92. The van der Waals surface area contributed by atoms with Gasteiger partial charge >= 0.3 is 5.97 Å². The number of nitrogens with zero attached hydrogens (tertiary/aromatic N) is 2. The van der Waals surface area contributed by atoms with Gasteiger partial charge in [-0.15, -0.1) is 5.01 Å². The first kappa shape index (κ1) is 16.4. The van der Waals surface area contributed by atoms with Crippen molar-refractivity contribution < 1.29 is 31.5 Å². The summed E-state index contributed by atoms with van der Waals surface area (Å²) in [4.78, 5) is 16.7. The van der Waals surface area contributed by atoms with Crippen LogP contribution in [0.5, 0.6) is 0 Å². The first-order valence-electron chi connectivity index (χ1n) is 5.60.